The fourth-order valence-corrected chi connectivity index (χ4v) is 3.98. The normalized spacial score (nSPS) is 12.4. The maximum absolute atomic E-state index is 10.4. The molecule has 4 heteroatoms. The van der Waals surface area contributed by atoms with Crippen LogP contribution in [0.15, 0.2) is 95.4 Å². The molecule has 0 aliphatic heterocycles. The van der Waals surface area contributed by atoms with Gasteiger partial charge < -0.3 is 14.2 Å². The van der Waals surface area contributed by atoms with E-state index < -0.39 is 11.2 Å². The Bertz CT molecular complexity index is 1460. The van der Waals surface area contributed by atoms with Gasteiger partial charge in [0.25, 0.3) is 0 Å². The third kappa shape index (κ3) is 4.15. The zero-order chi connectivity index (χ0) is 23.9. The lowest BCUT2D eigenvalue weighted by molar-refractivity contribution is -0.0893. The first-order valence-electron chi connectivity index (χ1n) is 11.6. The van der Waals surface area contributed by atoms with Crippen LogP contribution in [0.4, 0.5) is 0 Å². The molecule has 0 fully saturated rings. The molecule has 0 spiro atoms. The number of para-hydroxylation sites is 1. The Morgan fingerprint density at radius 2 is 1.44 bits per heavy atom. The molecular weight excluding hydrogens is 419 g/mol. The van der Waals surface area contributed by atoms with E-state index in [1.165, 1.54) is 11.1 Å². The standard InChI is InChI=1S/C30H28BO3/c1-29(2,32)30(3,4)34-31-23-13-8-12-22(18-23)24-14-9-15-25-26-19-21(20-10-6-5-7-11-20)16-17-27(26)33-28(24)25/h5-19,32H,1-4H3. The van der Waals surface area contributed by atoms with Crippen LogP contribution >= 0.6 is 0 Å². The number of benzene rings is 4. The zero-order valence-electron chi connectivity index (χ0n) is 20.0. The molecule has 0 saturated carbocycles. The molecule has 3 nitrogen and oxygen atoms in total. The van der Waals surface area contributed by atoms with E-state index in [0.29, 0.717) is 0 Å². The average Bonchev–Trinajstić information content (AvgIpc) is 3.21. The predicted octanol–water partition coefficient (Wildman–Crippen LogP) is 6.73. The predicted molar refractivity (Wildman–Crippen MR) is 141 cm³/mol. The lowest BCUT2D eigenvalue weighted by Gasteiger charge is -2.37. The van der Waals surface area contributed by atoms with Crippen molar-refractivity contribution in [2.24, 2.45) is 0 Å². The highest BCUT2D eigenvalue weighted by atomic mass is 16.5. The molecule has 4 aromatic carbocycles. The van der Waals surface area contributed by atoms with Crippen LogP contribution in [0.2, 0.25) is 0 Å². The van der Waals surface area contributed by atoms with Gasteiger partial charge in [0, 0.05) is 16.3 Å². The highest BCUT2D eigenvalue weighted by molar-refractivity contribution is 6.47. The molecule has 1 heterocycles. The van der Waals surface area contributed by atoms with Crippen molar-refractivity contribution in [2.75, 3.05) is 0 Å². The number of hydrogen-bond donors (Lipinski definition) is 1. The van der Waals surface area contributed by atoms with E-state index in [2.05, 4.69) is 72.8 Å². The zero-order valence-corrected chi connectivity index (χ0v) is 20.0. The summed E-state index contributed by atoms with van der Waals surface area (Å²) in [6.45, 7) is 7.27. The number of fused-ring (bicyclic) bond motifs is 3. The molecule has 5 rings (SSSR count). The second-order valence-corrected chi connectivity index (χ2v) is 9.79. The van der Waals surface area contributed by atoms with Crippen molar-refractivity contribution in [3.05, 3.63) is 91.0 Å². The summed E-state index contributed by atoms with van der Waals surface area (Å²) in [4.78, 5) is 0. The first-order valence-corrected chi connectivity index (χ1v) is 11.6. The molecule has 0 bridgehead atoms. The van der Waals surface area contributed by atoms with Crippen LogP contribution in [0.5, 0.6) is 0 Å². The highest BCUT2D eigenvalue weighted by Gasteiger charge is 2.35. The van der Waals surface area contributed by atoms with Gasteiger partial charge in [0.15, 0.2) is 0 Å². The maximum atomic E-state index is 10.4. The van der Waals surface area contributed by atoms with Gasteiger partial charge in [-0.15, -0.1) is 0 Å². The second-order valence-electron chi connectivity index (χ2n) is 9.79. The fourth-order valence-electron chi connectivity index (χ4n) is 3.98. The lowest BCUT2D eigenvalue weighted by atomic mass is 9.81. The second kappa shape index (κ2) is 8.46. The van der Waals surface area contributed by atoms with E-state index in [1.54, 1.807) is 21.3 Å². The number of rotatable bonds is 6. The topological polar surface area (TPSA) is 42.6 Å². The SMILES string of the molecule is CC(C)(O)C(C)(C)O[B]c1cccc(-c2cccc3c2oc2ccc(-c4ccccc4)cc23)c1. The van der Waals surface area contributed by atoms with E-state index in [0.717, 1.165) is 38.5 Å². The summed E-state index contributed by atoms with van der Waals surface area (Å²) in [5, 5.41) is 12.6. The number of aliphatic hydroxyl groups is 1. The monoisotopic (exact) mass is 447 g/mol. The largest absolute Gasteiger partial charge is 0.455 e. The summed E-state index contributed by atoms with van der Waals surface area (Å²) >= 11 is 0. The average molecular weight is 447 g/mol. The van der Waals surface area contributed by atoms with Crippen LogP contribution < -0.4 is 5.46 Å². The van der Waals surface area contributed by atoms with Crippen LogP contribution in [0.25, 0.3) is 44.2 Å². The summed E-state index contributed by atoms with van der Waals surface area (Å²) in [5.41, 5.74) is 5.42. The van der Waals surface area contributed by atoms with Gasteiger partial charge >= 0.3 is 7.48 Å². The van der Waals surface area contributed by atoms with E-state index in [-0.39, 0.29) is 0 Å². The van der Waals surface area contributed by atoms with Crippen LogP contribution in [0.3, 0.4) is 0 Å². The van der Waals surface area contributed by atoms with Crippen molar-refractivity contribution >= 4 is 34.9 Å². The molecule has 5 aromatic rings. The summed E-state index contributed by atoms with van der Waals surface area (Å²) < 4.78 is 12.3. The quantitative estimate of drug-likeness (QED) is 0.294. The van der Waals surface area contributed by atoms with E-state index in [9.17, 15) is 5.11 Å². The minimum atomic E-state index is -0.973. The molecule has 0 saturated heterocycles. The van der Waals surface area contributed by atoms with Gasteiger partial charge in [0.1, 0.15) is 11.2 Å². The minimum absolute atomic E-state index is 0.724. The first-order chi connectivity index (χ1) is 16.2. The van der Waals surface area contributed by atoms with Gasteiger partial charge in [-0.05, 0) is 56.5 Å². The molecule has 0 unspecified atom stereocenters. The van der Waals surface area contributed by atoms with Crippen LogP contribution in [-0.2, 0) is 4.65 Å². The molecule has 0 amide bonds. The van der Waals surface area contributed by atoms with Crippen molar-refractivity contribution in [3.63, 3.8) is 0 Å². The van der Waals surface area contributed by atoms with Crippen LogP contribution in [0.1, 0.15) is 27.7 Å². The van der Waals surface area contributed by atoms with Crippen molar-refractivity contribution in [1.29, 1.82) is 0 Å². The summed E-state index contributed by atoms with van der Waals surface area (Å²) in [6.07, 6.45) is 0. The third-order valence-corrected chi connectivity index (χ3v) is 6.76. The van der Waals surface area contributed by atoms with Crippen molar-refractivity contribution in [3.8, 4) is 22.3 Å². The van der Waals surface area contributed by atoms with Crippen molar-refractivity contribution in [2.45, 2.75) is 38.9 Å². The summed E-state index contributed by atoms with van der Waals surface area (Å²) in [5.74, 6) is 0. The number of hydrogen-bond acceptors (Lipinski definition) is 3. The Labute approximate surface area is 201 Å². The lowest BCUT2D eigenvalue weighted by Crippen LogP contribution is -2.49. The van der Waals surface area contributed by atoms with Crippen molar-refractivity contribution in [1.82, 2.24) is 0 Å². The Morgan fingerprint density at radius 1 is 0.706 bits per heavy atom. The Hall–Kier alpha value is -3.34. The van der Waals surface area contributed by atoms with Gasteiger partial charge in [-0.2, -0.15) is 0 Å². The first kappa shape index (κ1) is 22.5. The van der Waals surface area contributed by atoms with Gasteiger partial charge in [0.05, 0.1) is 11.2 Å². The molecule has 1 radical (unpaired) electrons. The molecule has 169 valence electrons. The Morgan fingerprint density at radius 3 is 2.21 bits per heavy atom. The molecule has 1 aromatic heterocycles. The smallest absolute Gasteiger partial charge is 0.330 e. The minimum Gasteiger partial charge on any atom is -0.455 e. The van der Waals surface area contributed by atoms with E-state index in [4.69, 9.17) is 9.07 Å². The molecule has 0 atom stereocenters. The van der Waals surface area contributed by atoms with Gasteiger partial charge in [-0.1, -0.05) is 84.3 Å². The molecular formula is C30H28BO3. The summed E-state index contributed by atoms with van der Waals surface area (Å²) in [7, 11) is 1.71. The Kier molecular flexibility index (Phi) is 5.59. The highest BCUT2D eigenvalue weighted by Crippen LogP contribution is 2.37. The van der Waals surface area contributed by atoms with Gasteiger partial charge in [-0.3, -0.25) is 0 Å². The van der Waals surface area contributed by atoms with Crippen LogP contribution in [-0.4, -0.2) is 23.8 Å². The van der Waals surface area contributed by atoms with Gasteiger partial charge in [0.2, 0.25) is 0 Å². The van der Waals surface area contributed by atoms with E-state index in [1.807, 2.05) is 32.0 Å². The Balaban J connectivity index is 1.53. The number of furan rings is 1. The van der Waals surface area contributed by atoms with Gasteiger partial charge in [-0.25, -0.2) is 0 Å². The van der Waals surface area contributed by atoms with E-state index >= 15 is 0 Å². The molecule has 34 heavy (non-hydrogen) atoms. The maximum Gasteiger partial charge on any atom is 0.330 e. The molecule has 1 N–H and O–H groups in total. The summed E-state index contributed by atoms with van der Waals surface area (Å²) in [6, 6.07) is 31.2. The van der Waals surface area contributed by atoms with Crippen molar-refractivity contribution < 1.29 is 14.2 Å². The van der Waals surface area contributed by atoms with Crippen LogP contribution in [0, 0.1) is 0 Å². The fraction of sp³-hybridized carbons (Fsp3) is 0.200. The molecule has 0 aliphatic carbocycles. The third-order valence-electron chi connectivity index (χ3n) is 6.76. The molecule has 0 aliphatic rings.